The van der Waals surface area contributed by atoms with Crippen molar-refractivity contribution >= 4 is 11.8 Å². The molecular weight excluding hydrogens is 350 g/mol. The second-order valence-corrected chi connectivity index (χ2v) is 7.53. The van der Waals surface area contributed by atoms with Gasteiger partial charge in [0, 0.05) is 36.8 Å². The largest absolute Gasteiger partial charge is 0.355 e. The molecule has 2 amide bonds. The van der Waals surface area contributed by atoms with Crippen LogP contribution < -0.4 is 10.2 Å². The molecule has 1 aliphatic heterocycles. The highest BCUT2D eigenvalue weighted by Crippen LogP contribution is 2.17. The molecule has 0 radical (unpaired) electrons. The van der Waals surface area contributed by atoms with E-state index in [-0.39, 0.29) is 17.9 Å². The van der Waals surface area contributed by atoms with Crippen LogP contribution in [0.1, 0.15) is 46.8 Å². The van der Waals surface area contributed by atoms with Gasteiger partial charge in [-0.3, -0.25) is 9.59 Å². The number of nitrogens with one attached hydrogen (secondary N) is 2. The van der Waals surface area contributed by atoms with E-state index in [9.17, 15) is 9.59 Å². The fourth-order valence-corrected chi connectivity index (χ4v) is 3.92. The van der Waals surface area contributed by atoms with Crippen LogP contribution in [0.15, 0.2) is 54.6 Å². The van der Waals surface area contributed by atoms with Gasteiger partial charge in [0.05, 0.1) is 7.05 Å². The van der Waals surface area contributed by atoms with Crippen LogP contribution in [0, 0.1) is 0 Å². The predicted molar refractivity (Wildman–Crippen MR) is 110 cm³/mol. The third-order valence-corrected chi connectivity index (χ3v) is 5.47. The summed E-state index contributed by atoms with van der Waals surface area (Å²) in [6, 6.07) is 17.5. The van der Waals surface area contributed by atoms with Crippen molar-refractivity contribution in [2.75, 3.05) is 27.2 Å². The SMILES string of the molecule is CNC(=O)c1ccc(C[NH+](C)[C@H](C(=O)N2CCCCC2)c2ccccc2)cc1. The second kappa shape index (κ2) is 9.51. The maximum absolute atomic E-state index is 13.4. The van der Waals surface area contributed by atoms with E-state index in [4.69, 9.17) is 0 Å². The molecule has 148 valence electrons. The Labute approximate surface area is 167 Å². The molecule has 1 unspecified atom stereocenters. The molecule has 1 aliphatic rings. The zero-order valence-electron chi connectivity index (χ0n) is 16.8. The normalized spacial score (nSPS) is 16.3. The summed E-state index contributed by atoms with van der Waals surface area (Å²) in [4.78, 5) is 28.3. The summed E-state index contributed by atoms with van der Waals surface area (Å²) >= 11 is 0. The van der Waals surface area contributed by atoms with Gasteiger partial charge >= 0.3 is 0 Å². The maximum Gasteiger partial charge on any atom is 0.285 e. The van der Waals surface area contributed by atoms with Crippen molar-refractivity contribution < 1.29 is 14.5 Å². The predicted octanol–water partition coefficient (Wildman–Crippen LogP) is 1.81. The minimum absolute atomic E-state index is 0.0883. The van der Waals surface area contributed by atoms with Gasteiger partial charge in [0.2, 0.25) is 0 Å². The highest BCUT2D eigenvalue weighted by molar-refractivity contribution is 5.93. The fraction of sp³-hybridized carbons (Fsp3) is 0.391. The van der Waals surface area contributed by atoms with E-state index in [1.54, 1.807) is 7.05 Å². The number of nitrogens with zero attached hydrogens (tertiary/aromatic N) is 1. The molecular formula is C23H30N3O2+. The number of piperidine rings is 1. The molecule has 2 atom stereocenters. The summed E-state index contributed by atoms with van der Waals surface area (Å²) in [5.74, 6) is 0.125. The third-order valence-electron chi connectivity index (χ3n) is 5.47. The molecule has 0 aromatic heterocycles. The minimum atomic E-state index is -0.224. The van der Waals surface area contributed by atoms with Gasteiger partial charge in [-0.05, 0) is 31.4 Å². The number of likely N-dealkylation sites (tertiary alicyclic amines) is 1. The molecule has 2 aromatic carbocycles. The van der Waals surface area contributed by atoms with Crippen LogP contribution in [0.5, 0.6) is 0 Å². The quantitative estimate of drug-likeness (QED) is 0.803. The van der Waals surface area contributed by atoms with E-state index in [0.717, 1.165) is 42.0 Å². The molecule has 0 saturated carbocycles. The third kappa shape index (κ3) is 4.78. The van der Waals surface area contributed by atoms with Gasteiger partial charge in [0.1, 0.15) is 6.54 Å². The standard InChI is InChI=1S/C23H29N3O2/c1-24-22(27)20-13-11-18(12-14-20)17-25(2)21(19-9-5-3-6-10-19)23(28)26-15-7-4-8-16-26/h3,5-6,9-14,21H,4,7-8,15-17H2,1-2H3,(H,24,27)/p+1/t21-/m0/s1. The van der Waals surface area contributed by atoms with Crippen molar-refractivity contribution in [3.05, 3.63) is 71.3 Å². The van der Waals surface area contributed by atoms with Gasteiger partial charge in [-0.25, -0.2) is 0 Å². The Morgan fingerprint density at radius 3 is 2.25 bits per heavy atom. The van der Waals surface area contributed by atoms with Crippen molar-refractivity contribution in [2.45, 2.75) is 31.8 Å². The topological polar surface area (TPSA) is 53.9 Å². The van der Waals surface area contributed by atoms with Crippen molar-refractivity contribution in [3.63, 3.8) is 0 Å². The Bertz CT molecular complexity index is 783. The summed E-state index contributed by atoms with van der Waals surface area (Å²) < 4.78 is 0. The molecule has 1 saturated heterocycles. The van der Waals surface area contributed by atoms with Crippen molar-refractivity contribution in [2.24, 2.45) is 0 Å². The number of quaternary nitrogens is 1. The molecule has 1 heterocycles. The first-order valence-corrected chi connectivity index (χ1v) is 10.1. The first-order valence-electron chi connectivity index (χ1n) is 10.1. The summed E-state index contributed by atoms with van der Waals surface area (Å²) in [7, 11) is 3.71. The van der Waals surface area contributed by atoms with E-state index >= 15 is 0 Å². The van der Waals surface area contributed by atoms with Crippen LogP contribution in [-0.4, -0.2) is 43.9 Å². The van der Waals surface area contributed by atoms with Gasteiger partial charge in [-0.2, -0.15) is 0 Å². The number of carbonyl (C=O) groups excluding carboxylic acids is 2. The summed E-state index contributed by atoms with van der Waals surface area (Å²) in [6.07, 6.45) is 3.39. The van der Waals surface area contributed by atoms with Gasteiger partial charge in [0.25, 0.3) is 11.8 Å². The molecule has 0 aliphatic carbocycles. The highest BCUT2D eigenvalue weighted by Gasteiger charge is 2.33. The van der Waals surface area contributed by atoms with Crippen LogP contribution in [0.2, 0.25) is 0 Å². The lowest BCUT2D eigenvalue weighted by Gasteiger charge is -2.32. The Morgan fingerprint density at radius 2 is 1.64 bits per heavy atom. The summed E-state index contributed by atoms with van der Waals surface area (Å²) in [5.41, 5.74) is 2.81. The zero-order chi connectivity index (χ0) is 19.9. The van der Waals surface area contributed by atoms with E-state index in [1.807, 2.05) is 59.5 Å². The average molecular weight is 381 g/mol. The van der Waals surface area contributed by atoms with E-state index < -0.39 is 0 Å². The average Bonchev–Trinajstić information content (AvgIpc) is 2.75. The fourth-order valence-electron chi connectivity index (χ4n) is 3.92. The number of hydrogen-bond donors (Lipinski definition) is 2. The van der Waals surface area contributed by atoms with Crippen LogP contribution >= 0.6 is 0 Å². The number of amides is 2. The number of benzene rings is 2. The van der Waals surface area contributed by atoms with Crippen LogP contribution in [0.25, 0.3) is 0 Å². The first-order chi connectivity index (χ1) is 13.6. The Hall–Kier alpha value is -2.66. The Morgan fingerprint density at radius 1 is 1.00 bits per heavy atom. The van der Waals surface area contributed by atoms with Gasteiger partial charge in [-0.1, -0.05) is 42.5 Å². The highest BCUT2D eigenvalue weighted by atomic mass is 16.2. The molecule has 0 spiro atoms. The minimum Gasteiger partial charge on any atom is -0.355 e. The summed E-state index contributed by atoms with van der Waals surface area (Å²) in [6.45, 7) is 2.43. The van der Waals surface area contributed by atoms with Gasteiger partial charge in [0.15, 0.2) is 6.04 Å². The molecule has 2 aromatic rings. The lowest BCUT2D eigenvalue weighted by Crippen LogP contribution is -3.09. The smallest absolute Gasteiger partial charge is 0.285 e. The van der Waals surface area contributed by atoms with Crippen molar-refractivity contribution in [1.29, 1.82) is 0 Å². The monoisotopic (exact) mass is 380 g/mol. The Balaban J connectivity index is 1.79. The summed E-state index contributed by atoms with van der Waals surface area (Å²) in [5, 5.41) is 2.64. The van der Waals surface area contributed by atoms with Gasteiger partial charge in [-0.15, -0.1) is 0 Å². The number of hydrogen-bond acceptors (Lipinski definition) is 2. The molecule has 0 bridgehead atoms. The second-order valence-electron chi connectivity index (χ2n) is 7.53. The number of carbonyl (C=O) groups is 2. The molecule has 28 heavy (non-hydrogen) atoms. The first kappa shape index (κ1) is 20.1. The number of rotatable bonds is 6. The molecule has 1 fully saturated rings. The van der Waals surface area contributed by atoms with Gasteiger partial charge < -0.3 is 15.1 Å². The van der Waals surface area contributed by atoms with E-state index in [0.29, 0.717) is 12.1 Å². The number of likely N-dealkylation sites (N-methyl/N-ethyl adjacent to an activating group) is 1. The Kier molecular flexibility index (Phi) is 6.82. The molecule has 3 rings (SSSR count). The zero-order valence-corrected chi connectivity index (χ0v) is 16.8. The maximum atomic E-state index is 13.4. The van der Waals surface area contributed by atoms with Crippen LogP contribution in [-0.2, 0) is 11.3 Å². The van der Waals surface area contributed by atoms with E-state index in [1.165, 1.54) is 6.42 Å². The van der Waals surface area contributed by atoms with Crippen molar-refractivity contribution in [3.8, 4) is 0 Å². The molecule has 2 N–H and O–H groups in total. The molecule has 5 nitrogen and oxygen atoms in total. The van der Waals surface area contributed by atoms with Crippen LogP contribution in [0.4, 0.5) is 0 Å². The lowest BCUT2D eigenvalue weighted by molar-refractivity contribution is -0.916. The van der Waals surface area contributed by atoms with E-state index in [2.05, 4.69) is 12.4 Å². The van der Waals surface area contributed by atoms with Crippen molar-refractivity contribution in [1.82, 2.24) is 10.2 Å². The lowest BCUT2D eigenvalue weighted by atomic mass is 10.0. The van der Waals surface area contributed by atoms with Crippen LogP contribution in [0.3, 0.4) is 0 Å². The molecule has 5 heteroatoms.